The van der Waals surface area contributed by atoms with Crippen LogP contribution in [0.3, 0.4) is 0 Å². The number of piperidine rings is 1. The average Bonchev–Trinajstić information content (AvgIpc) is 3.05. The zero-order valence-electron chi connectivity index (χ0n) is 27.5. The first kappa shape index (κ1) is 33.2. The van der Waals surface area contributed by atoms with Gasteiger partial charge in [0.05, 0.1) is 0 Å². The van der Waals surface area contributed by atoms with Gasteiger partial charge in [0.15, 0.2) is 0 Å². The van der Waals surface area contributed by atoms with Gasteiger partial charge in [-0.25, -0.2) is 9.78 Å². The highest BCUT2D eigenvalue weighted by Crippen LogP contribution is 2.36. The Bertz CT molecular complexity index is 1680. The summed E-state index contributed by atoms with van der Waals surface area (Å²) in [5.74, 6) is 1.06. The normalized spacial score (nSPS) is 13.8. The molecule has 1 aliphatic rings. The van der Waals surface area contributed by atoms with Crippen molar-refractivity contribution < 1.29 is 14.6 Å². The lowest BCUT2D eigenvalue weighted by Gasteiger charge is -2.26. The molecule has 1 saturated heterocycles. The minimum absolute atomic E-state index is 0.0768. The minimum Gasteiger partial charge on any atom is -0.492 e. The fourth-order valence-corrected chi connectivity index (χ4v) is 6.30. The van der Waals surface area contributed by atoms with Crippen LogP contribution in [-0.2, 0) is 6.54 Å². The molecule has 2 aromatic heterocycles. The van der Waals surface area contributed by atoms with E-state index in [1.165, 1.54) is 23.8 Å². The number of fused-ring (bicyclic) bond motifs is 1. The van der Waals surface area contributed by atoms with E-state index in [9.17, 15) is 14.7 Å². The summed E-state index contributed by atoms with van der Waals surface area (Å²) < 4.78 is 7.73. The van der Waals surface area contributed by atoms with Crippen molar-refractivity contribution in [2.24, 2.45) is 0 Å². The number of aryl methyl sites for hydroxylation is 1. The van der Waals surface area contributed by atoms with Gasteiger partial charge < -0.3 is 20.5 Å². The van der Waals surface area contributed by atoms with Crippen molar-refractivity contribution in [1.82, 2.24) is 14.5 Å². The molecule has 9 heteroatoms. The second kappa shape index (κ2) is 15.4. The van der Waals surface area contributed by atoms with Crippen LogP contribution in [0.15, 0.2) is 65.6 Å². The number of amides is 2. The molecule has 0 saturated carbocycles. The highest BCUT2D eigenvalue weighted by atomic mass is 16.5. The van der Waals surface area contributed by atoms with Gasteiger partial charge in [-0.1, -0.05) is 64.4 Å². The molecule has 0 spiro atoms. The Kier molecular flexibility index (Phi) is 11.1. The number of urea groups is 1. The molecule has 4 aromatic rings. The maximum atomic E-state index is 14.2. The molecule has 0 radical (unpaired) electrons. The molecule has 3 heterocycles. The quantitative estimate of drug-likeness (QED) is 0.154. The van der Waals surface area contributed by atoms with Crippen LogP contribution in [0, 0.1) is 0 Å². The van der Waals surface area contributed by atoms with Crippen molar-refractivity contribution in [1.29, 1.82) is 0 Å². The van der Waals surface area contributed by atoms with Gasteiger partial charge in [-0.3, -0.25) is 14.3 Å². The van der Waals surface area contributed by atoms with Crippen LogP contribution in [-0.4, -0.2) is 58.4 Å². The number of aliphatic hydroxyl groups excluding tert-OH is 1. The average molecular weight is 626 g/mol. The minimum atomic E-state index is -0.501. The summed E-state index contributed by atoms with van der Waals surface area (Å²) in [6.45, 7) is 12.2. The molecule has 0 aliphatic carbocycles. The van der Waals surface area contributed by atoms with Gasteiger partial charge >= 0.3 is 6.03 Å². The SMILES string of the molecule is CC(C)c1cccc(C(C)C)c1NC(=O)Nc1c(-c2cccc(OCCN3CCCCC3)c2)c2cccnc2n(CCCO)c1=O. The second-order valence-corrected chi connectivity index (χ2v) is 12.6. The molecular weight excluding hydrogens is 578 g/mol. The number of nitrogens with one attached hydrogen (secondary N) is 2. The Balaban J connectivity index is 1.55. The maximum absolute atomic E-state index is 14.2. The maximum Gasteiger partial charge on any atom is 0.323 e. The van der Waals surface area contributed by atoms with Gasteiger partial charge in [-0.05, 0) is 85.1 Å². The molecule has 5 rings (SSSR count). The number of likely N-dealkylation sites (tertiary alicyclic amines) is 1. The van der Waals surface area contributed by atoms with E-state index in [0.717, 1.165) is 42.0 Å². The second-order valence-electron chi connectivity index (χ2n) is 12.6. The Morgan fingerprint density at radius 2 is 1.61 bits per heavy atom. The third kappa shape index (κ3) is 7.59. The number of rotatable bonds is 12. The molecule has 0 atom stereocenters. The highest BCUT2D eigenvalue weighted by Gasteiger charge is 2.23. The Labute approximate surface area is 271 Å². The van der Waals surface area contributed by atoms with Gasteiger partial charge in [0.1, 0.15) is 23.7 Å². The van der Waals surface area contributed by atoms with Crippen molar-refractivity contribution in [2.75, 3.05) is 43.5 Å². The summed E-state index contributed by atoms with van der Waals surface area (Å²) in [6.07, 6.45) is 5.77. The van der Waals surface area contributed by atoms with E-state index in [1.807, 2.05) is 54.6 Å². The fraction of sp³-hybridized carbons (Fsp3) is 0.432. The lowest BCUT2D eigenvalue weighted by molar-refractivity contribution is 0.183. The number of carbonyl (C=O) groups excluding carboxylic acids is 1. The molecule has 1 fully saturated rings. The Morgan fingerprint density at radius 1 is 0.913 bits per heavy atom. The summed E-state index contributed by atoms with van der Waals surface area (Å²) in [6, 6.07) is 17.0. The number of carbonyl (C=O) groups is 1. The van der Waals surface area contributed by atoms with Crippen molar-refractivity contribution in [3.05, 3.63) is 82.3 Å². The molecule has 2 aromatic carbocycles. The largest absolute Gasteiger partial charge is 0.492 e. The number of aromatic nitrogens is 2. The van der Waals surface area contributed by atoms with Crippen molar-refractivity contribution in [3.8, 4) is 16.9 Å². The number of benzene rings is 2. The summed E-state index contributed by atoms with van der Waals surface area (Å²) in [4.78, 5) is 35.1. The van der Waals surface area contributed by atoms with Crippen LogP contribution in [0.4, 0.5) is 16.2 Å². The van der Waals surface area contributed by atoms with E-state index in [-0.39, 0.29) is 36.2 Å². The zero-order valence-corrected chi connectivity index (χ0v) is 27.5. The van der Waals surface area contributed by atoms with Crippen LogP contribution < -0.4 is 20.9 Å². The first-order valence-electron chi connectivity index (χ1n) is 16.6. The summed E-state index contributed by atoms with van der Waals surface area (Å²) >= 11 is 0. The van der Waals surface area contributed by atoms with Gasteiger partial charge in [-0.2, -0.15) is 0 Å². The topological polar surface area (TPSA) is 109 Å². The summed E-state index contributed by atoms with van der Waals surface area (Å²) in [7, 11) is 0. The van der Waals surface area contributed by atoms with Crippen LogP contribution in [0.1, 0.15) is 76.3 Å². The highest BCUT2D eigenvalue weighted by molar-refractivity contribution is 6.07. The number of ether oxygens (including phenoxy) is 1. The molecular formula is C37H47N5O4. The molecule has 2 amide bonds. The van der Waals surface area contributed by atoms with Gasteiger partial charge in [0, 0.05) is 42.5 Å². The van der Waals surface area contributed by atoms with E-state index >= 15 is 0 Å². The molecule has 3 N–H and O–H groups in total. The number of hydrogen-bond donors (Lipinski definition) is 3. The van der Waals surface area contributed by atoms with E-state index in [4.69, 9.17) is 4.74 Å². The third-order valence-electron chi connectivity index (χ3n) is 8.66. The Hall–Kier alpha value is -4.21. The third-order valence-corrected chi connectivity index (χ3v) is 8.66. The lowest BCUT2D eigenvalue weighted by atomic mass is 9.93. The van der Waals surface area contributed by atoms with Crippen molar-refractivity contribution >= 4 is 28.4 Å². The standard InChI is InChI=1S/C37H47N5O4/c1-25(2)29-14-9-15-30(26(3)4)33(29)39-37(45)40-34-32(31-16-10-17-38-35(31)42(36(34)44)20-11-22-43)27-12-8-13-28(24-27)46-23-21-41-18-6-5-7-19-41/h8-10,12-17,24-26,43H,5-7,11,18-23H2,1-4H3,(H2,39,40,45). The first-order valence-corrected chi connectivity index (χ1v) is 16.6. The molecule has 9 nitrogen and oxygen atoms in total. The lowest BCUT2D eigenvalue weighted by Crippen LogP contribution is -2.33. The number of hydrogen-bond acceptors (Lipinski definition) is 6. The van der Waals surface area contributed by atoms with Gasteiger partial charge in [0.2, 0.25) is 0 Å². The molecule has 46 heavy (non-hydrogen) atoms. The Morgan fingerprint density at radius 3 is 2.30 bits per heavy atom. The molecule has 0 unspecified atom stereocenters. The summed E-state index contributed by atoms with van der Waals surface area (Å²) in [5.41, 5.74) is 4.38. The number of anilines is 2. The molecule has 1 aliphatic heterocycles. The van der Waals surface area contributed by atoms with E-state index < -0.39 is 6.03 Å². The molecule has 244 valence electrons. The van der Waals surface area contributed by atoms with E-state index in [2.05, 4.69) is 48.2 Å². The van der Waals surface area contributed by atoms with Crippen LogP contribution in [0.5, 0.6) is 5.75 Å². The van der Waals surface area contributed by atoms with E-state index in [0.29, 0.717) is 35.4 Å². The van der Waals surface area contributed by atoms with E-state index in [1.54, 1.807) is 6.20 Å². The predicted octanol–water partition coefficient (Wildman–Crippen LogP) is 7.20. The number of nitrogens with zero attached hydrogens (tertiary/aromatic N) is 3. The van der Waals surface area contributed by atoms with Crippen LogP contribution in [0.25, 0.3) is 22.2 Å². The van der Waals surface area contributed by atoms with Crippen LogP contribution in [0.2, 0.25) is 0 Å². The number of para-hydroxylation sites is 1. The first-order chi connectivity index (χ1) is 22.3. The number of pyridine rings is 2. The van der Waals surface area contributed by atoms with Crippen molar-refractivity contribution in [3.63, 3.8) is 0 Å². The smallest absolute Gasteiger partial charge is 0.323 e. The van der Waals surface area contributed by atoms with Gasteiger partial charge in [0.25, 0.3) is 5.56 Å². The van der Waals surface area contributed by atoms with Gasteiger partial charge in [-0.15, -0.1) is 0 Å². The predicted molar refractivity (Wildman–Crippen MR) is 186 cm³/mol. The van der Waals surface area contributed by atoms with Crippen molar-refractivity contribution in [2.45, 2.75) is 71.8 Å². The fourth-order valence-electron chi connectivity index (χ4n) is 6.30. The zero-order chi connectivity index (χ0) is 32.6. The number of aliphatic hydroxyl groups is 1. The monoisotopic (exact) mass is 625 g/mol. The molecule has 0 bridgehead atoms. The summed E-state index contributed by atoms with van der Waals surface area (Å²) in [5, 5.41) is 16.4. The van der Waals surface area contributed by atoms with Crippen LogP contribution >= 0.6 is 0 Å².